The number of aromatic nitrogens is 2. The minimum Gasteiger partial charge on any atom is -0.496 e. The standard InChI is InChI=1S/C29H29N3O5/c1-6-35-24-14-27-26(36-16-37-27)12-19(24)15-30-32-28(31-23-10-8-7-9-20(23)29(32)33)22-13-21(17(2)3)25(34-5)11-18(22)4/h7-15,17H,6,16H2,1-5H3. The number of ether oxygens (including phenoxy) is 4. The van der Waals surface area contributed by atoms with Crippen molar-refractivity contribution in [2.45, 2.75) is 33.6 Å². The predicted molar refractivity (Wildman–Crippen MR) is 144 cm³/mol. The van der Waals surface area contributed by atoms with Crippen LogP contribution < -0.4 is 24.5 Å². The van der Waals surface area contributed by atoms with Crippen LogP contribution >= 0.6 is 0 Å². The van der Waals surface area contributed by atoms with Crippen molar-refractivity contribution in [3.05, 3.63) is 75.6 Å². The molecule has 0 radical (unpaired) electrons. The van der Waals surface area contributed by atoms with Crippen LogP contribution in [0.4, 0.5) is 0 Å². The summed E-state index contributed by atoms with van der Waals surface area (Å²) in [4.78, 5) is 18.6. The molecule has 8 heteroatoms. The van der Waals surface area contributed by atoms with Gasteiger partial charge >= 0.3 is 0 Å². The van der Waals surface area contributed by atoms with Gasteiger partial charge in [0.1, 0.15) is 11.5 Å². The molecular formula is C29H29N3O5. The molecule has 0 bridgehead atoms. The SMILES string of the molecule is CCOc1cc2c(cc1C=Nn1c(-c3cc(C(C)C)c(OC)cc3C)nc3ccccc3c1=O)OCO2. The average molecular weight is 500 g/mol. The van der Waals surface area contributed by atoms with Gasteiger partial charge in [-0.3, -0.25) is 4.79 Å². The Bertz CT molecular complexity index is 1570. The van der Waals surface area contributed by atoms with Gasteiger partial charge in [-0.25, -0.2) is 4.98 Å². The van der Waals surface area contributed by atoms with Crippen LogP contribution in [0, 0.1) is 6.92 Å². The van der Waals surface area contributed by atoms with E-state index in [-0.39, 0.29) is 18.3 Å². The number of fused-ring (bicyclic) bond motifs is 2. The monoisotopic (exact) mass is 499 g/mol. The molecule has 1 aromatic heterocycles. The number of nitrogens with zero attached hydrogens (tertiary/aromatic N) is 3. The van der Waals surface area contributed by atoms with Crippen LogP contribution in [0.1, 0.15) is 43.4 Å². The van der Waals surface area contributed by atoms with Gasteiger partial charge in [0.15, 0.2) is 17.3 Å². The van der Waals surface area contributed by atoms with Crippen molar-refractivity contribution in [2.75, 3.05) is 20.5 Å². The first kappa shape index (κ1) is 24.4. The third-order valence-electron chi connectivity index (χ3n) is 6.31. The molecule has 4 aromatic rings. The number of benzene rings is 3. The molecule has 0 spiro atoms. The molecule has 8 nitrogen and oxygen atoms in total. The second-order valence-corrected chi connectivity index (χ2v) is 9.05. The predicted octanol–water partition coefficient (Wildman–Crippen LogP) is 5.51. The molecule has 0 saturated carbocycles. The summed E-state index contributed by atoms with van der Waals surface area (Å²) in [6, 6.07) is 14.9. The van der Waals surface area contributed by atoms with Crippen molar-refractivity contribution in [3.63, 3.8) is 0 Å². The molecule has 3 aromatic carbocycles. The zero-order valence-electron chi connectivity index (χ0n) is 21.6. The zero-order valence-corrected chi connectivity index (χ0v) is 21.6. The van der Waals surface area contributed by atoms with Gasteiger partial charge in [-0.1, -0.05) is 26.0 Å². The molecule has 37 heavy (non-hydrogen) atoms. The van der Waals surface area contributed by atoms with E-state index in [4.69, 9.17) is 23.9 Å². The van der Waals surface area contributed by atoms with E-state index in [1.54, 1.807) is 31.5 Å². The van der Waals surface area contributed by atoms with Crippen molar-refractivity contribution in [2.24, 2.45) is 5.10 Å². The lowest BCUT2D eigenvalue weighted by atomic mass is 9.96. The van der Waals surface area contributed by atoms with E-state index >= 15 is 0 Å². The highest BCUT2D eigenvalue weighted by Crippen LogP contribution is 2.38. The molecule has 2 heterocycles. The molecule has 0 fully saturated rings. The highest BCUT2D eigenvalue weighted by atomic mass is 16.7. The number of rotatable bonds is 7. The molecule has 190 valence electrons. The third-order valence-corrected chi connectivity index (χ3v) is 6.31. The van der Waals surface area contributed by atoms with Crippen LogP contribution in [0.3, 0.4) is 0 Å². The molecule has 0 aliphatic carbocycles. The second kappa shape index (κ2) is 9.97. The first-order chi connectivity index (χ1) is 17.9. The van der Waals surface area contributed by atoms with Gasteiger partial charge in [0.25, 0.3) is 5.56 Å². The quantitative estimate of drug-likeness (QED) is 0.312. The first-order valence-corrected chi connectivity index (χ1v) is 12.2. The normalized spacial score (nSPS) is 12.6. The van der Waals surface area contributed by atoms with Crippen LogP contribution in [-0.2, 0) is 0 Å². The topological polar surface area (TPSA) is 84.2 Å². The third kappa shape index (κ3) is 4.50. The average Bonchev–Trinajstić information content (AvgIpc) is 3.35. The summed E-state index contributed by atoms with van der Waals surface area (Å²) < 4.78 is 23.8. The molecule has 0 amide bonds. The molecule has 0 N–H and O–H groups in total. The van der Waals surface area contributed by atoms with Gasteiger partial charge in [0, 0.05) is 17.2 Å². The fourth-order valence-electron chi connectivity index (χ4n) is 4.41. The number of hydrogen-bond acceptors (Lipinski definition) is 7. The smallest absolute Gasteiger partial charge is 0.282 e. The maximum absolute atomic E-state index is 13.7. The lowest BCUT2D eigenvalue weighted by molar-refractivity contribution is 0.174. The Morgan fingerprint density at radius 2 is 1.86 bits per heavy atom. The van der Waals surface area contributed by atoms with E-state index in [0.29, 0.717) is 46.1 Å². The summed E-state index contributed by atoms with van der Waals surface area (Å²) in [7, 11) is 1.66. The van der Waals surface area contributed by atoms with E-state index in [0.717, 1.165) is 22.4 Å². The maximum atomic E-state index is 13.7. The zero-order chi connectivity index (χ0) is 26.1. The maximum Gasteiger partial charge on any atom is 0.282 e. The van der Waals surface area contributed by atoms with Gasteiger partial charge in [0.05, 0.1) is 30.8 Å². The van der Waals surface area contributed by atoms with E-state index < -0.39 is 0 Å². The summed E-state index contributed by atoms with van der Waals surface area (Å²) in [5, 5.41) is 5.12. The highest BCUT2D eigenvalue weighted by molar-refractivity contribution is 5.86. The van der Waals surface area contributed by atoms with E-state index in [2.05, 4.69) is 18.9 Å². The molecule has 1 aliphatic heterocycles. The summed E-state index contributed by atoms with van der Waals surface area (Å²) >= 11 is 0. The number of aryl methyl sites for hydroxylation is 1. The second-order valence-electron chi connectivity index (χ2n) is 9.05. The lowest BCUT2D eigenvalue weighted by Gasteiger charge is -2.17. The Morgan fingerprint density at radius 3 is 2.59 bits per heavy atom. The molecule has 0 atom stereocenters. The van der Waals surface area contributed by atoms with Crippen molar-refractivity contribution in [1.82, 2.24) is 9.66 Å². The molecule has 0 saturated heterocycles. The molecule has 1 aliphatic rings. The molecular weight excluding hydrogens is 470 g/mol. The van der Waals surface area contributed by atoms with Crippen LogP contribution in [-0.4, -0.2) is 36.4 Å². The Kier molecular flexibility index (Phi) is 6.56. The van der Waals surface area contributed by atoms with Crippen molar-refractivity contribution in [1.29, 1.82) is 0 Å². The first-order valence-electron chi connectivity index (χ1n) is 12.2. The fourth-order valence-corrected chi connectivity index (χ4v) is 4.41. The Balaban J connectivity index is 1.73. The van der Waals surface area contributed by atoms with Crippen molar-refractivity contribution < 1.29 is 18.9 Å². The van der Waals surface area contributed by atoms with Crippen LogP contribution in [0.15, 0.2) is 58.4 Å². The number of methoxy groups -OCH3 is 1. The minimum absolute atomic E-state index is 0.147. The Labute approximate surface area is 215 Å². The van der Waals surface area contributed by atoms with Gasteiger partial charge in [0.2, 0.25) is 6.79 Å². The van der Waals surface area contributed by atoms with Gasteiger partial charge in [-0.2, -0.15) is 9.78 Å². The summed E-state index contributed by atoms with van der Waals surface area (Å²) in [6.07, 6.45) is 1.59. The van der Waals surface area contributed by atoms with Gasteiger partial charge < -0.3 is 18.9 Å². The van der Waals surface area contributed by atoms with Crippen molar-refractivity contribution in [3.8, 4) is 34.4 Å². The molecule has 0 unspecified atom stereocenters. The van der Waals surface area contributed by atoms with E-state index in [1.807, 2.05) is 44.2 Å². The minimum atomic E-state index is -0.267. The highest BCUT2D eigenvalue weighted by Gasteiger charge is 2.20. The summed E-state index contributed by atoms with van der Waals surface area (Å²) in [6.45, 7) is 8.69. The summed E-state index contributed by atoms with van der Waals surface area (Å²) in [5.41, 5.74) is 3.75. The fraction of sp³-hybridized carbons (Fsp3) is 0.276. The van der Waals surface area contributed by atoms with E-state index in [1.165, 1.54) is 4.68 Å². The van der Waals surface area contributed by atoms with Crippen LogP contribution in [0.25, 0.3) is 22.3 Å². The van der Waals surface area contributed by atoms with Gasteiger partial charge in [-0.15, -0.1) is 0 Å². The van der Waals surface area contributed by atoms with E-state index in [9.17, 15) is 4.79 Å². The molecule has 5 rings (SSSR count). The summed E-state index contributed by atoms with van der Waals surface area (Å²) in [5.74, 6) is 3.25. The van der Waals surface area contributed by atoms with Crippen LogP contribution in [0.5, 0.6) is 23.0 Å². The number of hydrogen-bond donors (Lipinski definition) is 0. The van der Waals surface area contributed by atoms with Gasteiger partial charge in [-0.05, 0) is 61.2 Å². The Hall–Kier alpha value is -4.33. The van der Waals surface area contributed by atoms with Crippen LogP contribution in [0.2, 0.25) is 0 Å². The van der Waals surface area contributed by atoms with Crippen molar-refractivity contribution >= 4 is 17.1 Å². The largest absolute Gasteiger partial charge is 0.496 e. The lowest BCUT2D eigenvalue weighted by Crippen LogP contribution is -2.21. The number of para-hydroxylation sites is 1. The Morgan fingerprint density at radius 1 is 1.11 bits per heavy atom.